The van der Waals surface area contributed by atoms with E-state index in [0.717, 1.165) is 30.4 Å². The summed E-state index contributed by atoms with van der Waals surface area (Å²) < 4.78 is 26.6. The van der Waals surface area contributed by atoms with Gasteiger partial charge in [0.25, 0.3) is 0 Å². The molecule has 23 heavy (non-hydrogen) atoms. The predicted octanol–water partition coefficient (Wildman–Crippen LogP) is 1.35. The highest BCUT2D eigenvalue weighted by atomic mass is 32.2. The minimum Gasteiger partial charge on any atom is -0.346 e. The quantitative estimate of drug-likeness (QED) is 0.912. The van der Waals surface area contributed by atoms with E-state index in [0.29, 0.717) is 25.5 Å². The van der Waals surface area contributed by atoms with E-state index in [4.69, 9.17) is 0 Å². The number of aromatic amines is 1. The third kappa shape index (κ3) is 2.31. The van der Waals surface area contributed by atoms with E-state index in [-0.39, 0.29) is 11.3 Å². The Kier molecular flexibility index (Phi) is 3.35. The van der Waals surface area contributed by atoms with Crippen molar-refractivity contribution in [3.63, 3.8) is 0 Å². The van der Waals surface area contributed by atoms with E-state index >= 15 is 0 Å². The molecule has 4 rings (SSSR count). The molecule has 0 aromatic carbocycles. The van der Waals surface area contributed by atoms with Gasteiger partial charge >= 0.3 is 0 Å². The minimum absolute atomic E-state index is 0.236. The lowest BCUT2D eigenvalue weighted by Gasteiger charge is -2.49. The largest absolute Gasteiger partial charge is 0.346 e. The maximum Gasteiger partial charge on any atom is 0.227 e. The van der Waals surface area contributed by atoms with Crippen LogP contribution < -0.4 is 4.90 Å². The lowest BCUT2D eigenvalue weighted by atomic mass is 9.87. The van der Waals surface area contributed by atoms with Crippen molar-refractivity contribution in [2.75, 3.05) is 30.3 Å². The average Bonchev–Trinajstić information content (AvgIpc) is 3.13. The van der Waals surface area contributed by atoms with Gasteiger partial charge in [-0.15, -0.1) is 0 Å². The van der Waals surface area contributed by atoms with E-state index in [1.54, 1.807) is 4.31 Å². The van der Waals surface area contributed by atoms with Gasteiger partial charge in [-0.3, -0.25) is 0 Å². The topological polar surface area (TPSA) is 82.2 Å². The summed E-state index contributed by atoms with van der Waals surface area (Å²) in [6.07, 6.45) is 6.09. The lowest BCUT2D eigenvalue weighted by Crippen LogP contribution is -2.63. The minimum atomic E-state index is -3.14. The van der Waals surface area contributed by atoms with Crippen LogP contribution in [0, 0.1) is 0 Å². The molecule has 4 heterocycles. The first kappa shape index (κ1) is 14.9. The van der Waals surface area contributed by atoms with Crippen LogP contribution in [0.2, 0.25) is 0 Å². The molecule has 1 atom stereocenters. The van der Waals surface area contributed by atoms with Gasteiger partial charge in [-0.2, -0.15) is 9.29 Å². The fourth-order valence-corrected chi connectivity index (χ4v) is 5.67. The van der Waals surface area contributed by atoms with Crippen LogP contribution in [-0.4, -0.2) is 58.6 Å². The first-order valence-electron chi connectivity index (χ1n) is 8.10. The van der Waals surface area contributed by atoms with Gasteiger partial charge in [-0.25, -0.2) is 13.4 Å². The van der Waals surface area contributed by atoms with Crippen molar-refractivity contribution in [3.8, 4) is 0 Å². The number of hydrogen-bond acceptors (Lipinski definition) is 5. The number of sulfonamides is 1. The molecule has 7 nitrogen and oxygen atoms in total. The number of nitrogens with one attached hydrogen (secondary N) is 1. The number of fused-ring (bicyclic) bond motifs is 1. The van der Waals surface area contributed by atoms with Gasteiger partial charge in [0.2, 0.25) is 16.0 Å². The highest BCUT2D eigenvalue weighted by molar-refractivity contribution is 7.89. The molecule has 2 aliphatic rings. The summed E-state index contributed by atoms with van der Waals surface area (Å²) in [6.45, 7) is 4.03. The van der Waals surface area contributed by atoms with Crippen LogP contribution >= 0.6 is 0 Å². The summed E-state index contributed by atoms with van der Waals surface area (Å²) >= 11 is 0. The summed E-state index contributed by atoms with van der Waals surface area (Å²) in [6, 6.07) is 1.94. The molecular formula is C15H21N5O2S. The number of H-pyrrole nitrogens is 1. The maximum absolute atomic E-state index is 12.4. The Labute approximate surface area is 135 Å². The van der Waals surface area contributed by atoms with Crippen molar-refractivity contribution in [1.29, 1.82) is 0 Å². The van der Waals surface area contributed by atoms with E-state index in [2.05, 4.69) is 19.9 Å². The SMILES string of the molecule is CCCS(=O)(=O)N1CCC12CCN(c1ncc3cc[nH]c3n1)C2. The van der Waals surface area contributed by atoms with Gasteiger partial charge in [0, 0.05) is 37.4 Å². The number of rotatable bonds is 4. The van der Waals surface area contributed by atoms with Crippen LogP contribution in [0.4, 0.5) is 5.95 Å². The standard InChI is InChI=1S/C15H21N5O2S/c1-2-9-23(21,22)20-8-5-15(20)4-7-19(11-15)14-17-10-12-3-6-16-13(12)18-14/h3,6,10H,2,4-5,7-9,11H2,1H3,(H,16,17,18). The molecule has 8 heteroatoms. The fraction of sp³-hybridized carbons (Fsp3) is 0.600. The summed E-state index contributed by atoms with van der Waals surface area (Å²) in [5.41, 5.74) is 0.572. The van der Waals surface area contributed by atoms with Gasteiger partial charge in [0.1, 0.15) is 5.65 Å². The summed E-state index contributed by atoms with van der Waals surface area (Å²) in [7, 11) is -3.14. The van der Waals surface area contributed by atoms with Gasteiger partial charge in [-0.05, 0) is 25.3 Å². The molecule has 1 N–H and O–H groups in total. The predicted molar refractivity (Wildman–Crippen MR) is 88.9 cm³/mol. The van der Waals surface area contributed by atoms with Crippen molar-refractivity contribution >= 4 is 27.0 Å². The zero-order valence-corrected chi connectivity index (χ0v) is 14.0. The van der Waals surface area contributed by atoms with Gasteiger partial charge in [-0.1, -0.05) is 6.92 Å². The Balaban J connectivity index is 1.57. The normalized spacial score (nSPS) is 25.3. The van der Waals surface area contributed by atoms with E-state index in [1.807, 2.05) is 25.4 Å². The Morgan fingerprint density at radius 1 is 1.35 bits per heavy atom. The van der Waals surface area contributed by atoms with Crippen LogP contribution in [0.1, 0.15) is 26.2 Å². The number of hydrogen-bond donors (Lipinski definition) is 1. The van der Waals surface area contributed by atoms with E-state index < -0.39 is 10.0 Å². The Morgan fingerprint density at radius 3 is 2.91 bits per heavy atom. The van der Waals surface area contributed by atoms with Crippen molar-refractivity contribution in [2.45, 2.75) is 31.7 Å². The second kappa shape index (κ2) is 5.17. The molecule has 0 radical (unpaired) electrons. The lowest BCUT2D eigenvalue weighted by molar-refractivity contribution is 0.0933. The molecule has 0 amide bonds. The highest BCUT2D eigenvalue weighted by Gasteiger charge is 2.54. The summed E-state index contributed by atoms with van der Waals surface area (Å²) in [5.74, 6) is 0.913. The fourth-order valence-electron chi connectivity index (χ4n) is 3.74. The van der Waals surface area contributed by atoms with Crippen LogP contribution in [0.15, 0.2) is 18.5 Å². The molecule has 1 unspecified atom stereocenters. The molecule has 2 aromatic rings. The van der Waals surface area contributed by atoms with Gasteiger partial charge in [0.15, 0.2) is 0 Å². The second-order valence-electron chi connectivity index (χ2n) is 6.49. The zero-order chi connectivity index (χ0) is 16.1. The molecule has 124 valence electrons. The number of aromatic nitrogens is 3. The second-order valence-corrected chi connectivity index (χ2v) is 8.50. The van der Waals surface area contributed by atoms with Crippen LogP contribution in [0.25, 0.3) is 11.0 Å². The third-order valence-electron chi connectivity index (χ3n) is 5.01. The number of nitrogens with zero attached hydrogens (tertiary/aromatic N) is 4. The molecule has 0 aliphatic carbocycles. The average molecular weight is 335 g/mol. The smallest absolute Gasteiger partial charge is 0.227 e. The maximum atomic E-state index is 12.4. The molecule has 0 saturated carbocycles. The van der Waals surface area contributed by atoms with Crippen LogP contribution in [0.5, 0.6) is 0 Å². The molecule has 1 spiro atoms. The van der Waals surface area contributed by atoms with E-state index in [9.17, 15) is 8.42 Å². The molecule has 0 bridgehead atoms. The molecule has 2 fully saturated rings. The third-order valence-corrected chi connectivity index (χ3v) is 7.18. The van der Waals surface area contributed by atoms with Gasteiger partial charge in [0.05, 0.1) is 11.3 Å². The molecule has 2 aromatic heterocycles. The van der Waals surface area contributed by atoms with Crippen LogP contribution in [-0.2, 0) is 10.0 Å². The molecule has 2 saturated heterocycles. The van der Waals surface area contributed by atoms with Gasteiger partial charge < -0.3 is 9.88 Å². The summed E-state index contributed by atoms with van der Waals surface area (Å²) in [4.78, 5) is 14.2. The van der Waals surface area contributed by atoms with Crippen molar-refractivity contribution in [1.82, 2.24) is 19.3 Å². The monoisotopic (exact) mass is 335 g/mol. The van der Waals surface area contributed by atoms with E-state index in [1.165, 1.54) is 0 Å². The van der Waals surface area contributed by atoms with Crippen molar-refractivity contribution in [3.05, 3.63) is 18.5 Å². The zero-order valence-electron chi connectivity index (χ0n) is 13.2. The number of anilines is 1. The van der Waals surface area contributed by atoms with Crippen molar-refractivity contribution < 1.29 is 8.42 Å². The Hall–Kier alpha value is -1.67. The van der Waals surface area contributed by atoms with Crippen molar-refractivity contribution in [2.24, 2.45) is 0 Å². The first-order chi connectivity index (χ1) is 11.0. The highest BCUT2D eigenvalue weighted by Crippen LogP contribution is 2.42. The molecular weight excluding hydrogens is 314 g/mol. The molecule has 2 aliphatic heterocycles. The Morgan fingerprint density at radius 2 is 2.17 bits per heavy atom. The first-order valence-corrected chi connectivity index (χ1v) is 9.71. The Bertz CT molecular complexity index is 833. The summed E-state index contributed by atoms with van der Waals surface area (Å²) in [5, 5.41) is 0.985. The van der Waals surface area contributed by atoms with Crippen LogP contribution in [0.3, 0.4) is 0 Å².